The number of piperidine rings is 1. The van der Waals surface area contributed by atoms with Gasteiger partial charge in [-0.15, -0.1) is 0 Å². The summed E-state index contributed by atoms with van der Waals surface area (Å²) in [7, 11) is 0. The lowest BCUT2D eigenvalue weighted by molar-refractivity contribution is 0.0695. The number of fused-ring (bicyclic) bond motifs is 5. The molecule has 0 spiro atoms. The lowest BCUT2D eigenvalue weighted by Crippen LogP contribution is -2.38. The first-order chi connectivity index (χ1) is 14.2. The van der Waals surface area contributed by atoms with Gasteiger partial charge in [0.1, 0.15) is 6.61 Å². The minimum absolute atomic E-state index is 0.101. The summed E-state index contributed by atoms with van der Waals surface area (Å²) in [6.45, 7) is 3.18. The molecule has 29 heavy (non-hydrogen) atoms. The first-order valence-corrected chi connectivity index (χ1v) is 10.4. The number of carbonyl (C=O) groups is 1. The van der Waals surface area contributed by atoms with Gasteiger partial charge in [-0.2, -0.15) is 0 Å². The van der Waals surface area contributed by atoms with E-state index in [0.717, 1.165) is 24.9 Å². The molecule has 2 aliphatic rings. The van der Waals surface area contributed by atoms with Gasteiger partial charge in [-0.05, 0) is 53.5 Å². The molecule has 1 aliphatic heterocycles. The number of likely N-dealkylation sites (tertiary alicyclic amines) is 1. The van der Waals surface area contributed by atoms with E-state index in [2.05, 4.69) is 49.4 Å². The van der Waals surface area contributed by atoms with Crippen LogP contribution in [0.4, 0.5) is 4.79 Å². The molecule has 1 aliphatic carbocycles. The Hall–Kier alpha value is -3.07. The van der Waals surface area contributed by atoms with Crippen molar-refractivity contribution in [3.8, 4) is 11.1 Å². The van der Waals surface area contributed by atoms with Gasteiger partial charge in [-0.1, -0.05) is 78.4 Å². The number of hydrogen-bond acceptors (Lipinski definition) is 2. The van der Waals surface area contributed by atoms with Crippen molar-refractivity contribution in [1.29, 1.82) is 0 Å². The summed E-state index contributed by atoms with van der Waals surface area (Å²) in [4.78, 5) is 14.9. The molecule has 0 radical (unpaired) electrons. The Balaban J connectivity index is 1.44. The molecule has 1 fully saturated rings. The lowest BCUT2D eigenvalue weighted by atomic mass is 9.93. The second-order valence-corrected chi connectivity index (χ2v) is 8.15. The summed E-state index contributed by atoms with van der Waals surface area (Å²) in [5.41, 5.74) is 7.46. The zero-order chi connectivity index (χ0) is 19.8. The van der Waals surface area contributed by atoms with Crippen LogP contribution in [0.2, 0.25) is 0 Å². The molecule has 1 saturated heterocycles. The van der Waals surface area contributed by atoms with Gasteiger partial charge >= 0.3 is 6.09 Å². The number of benzene rings is 3. The maximum Gasteiger partial charge on any atom is 0.410 e. The molecule has 3 nitrogen and oxygen atoms in total. The highest BCUT2D eigenvalue weighted by molar-refractivity contribution is 5.75. The second kappa shape index (κ2) is 7.40. The second-order valence-electron chi connectivity index (χ2n) is 8.15. The van der Waals surface area contributed by atoms with Crippen LogP contribution in [0, 0.1) is 6.92 Å². The quantitative estimate of drug-likeness (QED) is 0.536. The van der Waals surface area contributed by atoms with Gasteiger partial charge in [-0.25, -0.2) is 4.79 Å². The first-order valence-electron chi connectivity index (χ1n) is 10.4. The van der Waals surface area contributed by atoms with Crippen molar-refractivity contribution in [2.75, 3.05) is 6.54 Å². The Morgan fingerprint density at radius 2 is 1.79 bits per heavy atom. The maximum absolute atomic E-state index is 13.0. The smallest absolute Gasteiger partial charge is 0.410 e. The summed E-state index contributed by atoms with van der Waals surface area (Å²) in [6, 6.07) is 25.3. The highest BCUT2D eigenvalue weighted by atomic mass is 16.6. The van der Waals surface area contributed by atoms with E-state index < -0.39 is 0 Å². The van der Waals surface area contributed by atoms with Crippen LogP contribution in [-0.4, -0.2) is 17.5 Å². The Morgan fingerprint density at radius 1 is 1.00 bits per heavy atom. The van der Waals surface area contributed by atoms with Crippen molar-refractivity contribution in [2.45, 2.75) is 38.3 Å². The molecule has 2 atom stereocenters. The normalized spacial score (nSPS) is 19.7. The largest absolute Gasteiger partial charge is 0.445 e. The topological polar surface area (TPSA) is 29.5 Å². The van der Waals surface area contributed by atoms with Crippen LogP contribution in [0.25, 0.3) is 11.1 Å². The minimum Gasteiger partial charge on any atom is -0.445 e. The van der Waals surface area contributed by atoms with E-state index in [1.165, 1.54) is 27.8 Å². The zero-order valence-electron chi connectivity index (χ0n) is 16.7. The van der Waals surface area contributed by atoms with Gasteiger partial charge in [0, 0.05) is 6.54 Å². The Bertz CT molecular complexity index is 1030. The molecule has 146 valence electrons. The van der Waals surface area contributed by atoms with Crippen LogP contribution >= 0.6 is 0 Å². The number of nitrogens with zero attached hydrogens (tertiary/aromatic N) is 1. The number of hydrogen-bond donors (Lipinski definition) is 0. The molecule has 5 rings (SSSR count). The predicted molar refractivity (Wildman–Crippen MR) is 115 cm³/mol. The third kappa shape index (κ3) is 3.31. The van der Waals surface area contributed by atoms with Gasteiger partial charge < -0.3 is 9.64 Å². The summed E-state index contributed by atoms with van der Waals surface area (Å²) in [5, 5.41) is 0. The van der Waals surface area contributed by atoms with E-state index in [-0.39, 0.29) is 12.1 Å². The van der Waals surface area contributed by atoms with Crippen molar-refractivity contribution in [3.05, 3.63) is 95.1 Å². The number of aryl methyl sites for hydroxylation is 1. The SMILES string of the molecule is Cc1ccc(-c2cccc3c2[C@H]2C[C@H]3CCN2C(=O)OCc2ccccc2)cc1. The maximum atomic E-state index is 13.0. The predicted octanol–water partition coefficient (Wildman–Crippen LogP) is 6.23. The molecule has 3 heteroatoms. The van der Waals surface area contributed by atoms with Crippen LogP contribution in [0.15, 0.2) is 72.8 Å². The molecule has 2 bridgehead atoms. The van der Waals surface area contributed by atoms with Crippen molar-refractivity contribution in [2.24, 2.45) is 0 Å². The van der Waals surface area contributed by atoms with Crippen LogP contribution < -0.4 is 0 Å². The third-order valence-electron chi connectivity index (χ3n) is 6.32. The van der Waals surface area contributed by atoms with Crippen molar-refractivity contribution < 1.29 is 9.53 Å². The van der Waals surface area contributed by atoms with Crippen LogP contribution in [0.1, 0.15) is 47.1 Å². The molecule has 1 heterocycles. The molecule has 3 aromatic carbocycles. The first kappa shape index (κ1) is 18.0. The molecule has 1 amide bonds. The van der Waals surface area contributed by atoms with Gasteiger partial charge in [0.05, 0.1) is 6.04 Å². The number of carbonyl (C=O) groups excluding carboxylic acids is 1. The number of rotatable bonds is 3. The van der Waals surface area contributed by atoms with Gasteiger partial charge in [0.15, 0.2) is 0 Å². The van der Waals surface area contributed by atoms with Crippen molar-refractivity contribution in [1.82, 2.24) is 4.90 Å². The minimum atomic E-state index is -0.205. The fourth-order valence-electron chi connectivity index (χ4n) is 4.84. The van der Waals surface area contributed by atoms with Crippen molar-refractivity contribution in [3.63, 3.8) is 0 Å². The zero-order valence-corrected chi connectivity index (χ0v) is 16.7. The molecule has 0 unspecified atom stereocenters. The highest BCUT2D eigenvalue weighted by Gasteiger charge is 2.42. The Labute approximate surface area is 171 Å². The third-order valence-corrected chi connectivity index (χ3v) is 6.32. The Morgan fingerprint density at radius 3 is 2.59 bits per heavy atom. The van der Waals surface area contributed by atoms with Crippen LogP contribution in [-0.2, 0) is 11.3 Å². The highest BCUT2D eigenvalue weighted by Crippen LogP contribution is 2.52. The van der Waals surface area contributed by atoms with Gasteiger partial charge in [0.25, 0.3) is 0 Å². The van der Waals surface area contributed by atoms with E-state index in [9.17, 15) is 4.79 Å². The number of ether oxygens (including phenoxy) is 1. The fraction of sp³-hybridized carbons (Fsp3) is 0.269. The lowest BCUT2D eigenvalue weighted by Gasteiger charge is -2.33. The van der Waals surface area contributed by atoms with E-state index in [1.54, 1.807) is 0 Å². The fourth-order valence-corrected chi connectivity index (χ4v) is 4.84. The molecular weight excluding hydrogens is 358 g/mol. The van der Waals surface area contributed by atoms with E-state index in [1.807, 2.05) is 35.2 Å². The standard InChI is InChI=1S/C26H25NO2/c1-18-10-12-20(13-11-18)22-8-5-9-23-21-14-15-27(24(16-21)25(22)23)26(28)29-17-19-6-3-2-4-7-19/h2-13,21,24H,14-17H2,1H3/t21-,24-/m1/s1. The summed E-state index contributed by atoms with van der Waals surface area (Å²) >= 11 is 0. The summed E-state index contributed by atoms with van der Waals surface area (Å²) in [5.74, 6) is 0.540. The average Bonchev–Trinajstić information content (AvgIpc) is 3.05. The molecule has 0 saturated carbocycles. The van der Waals surface area contributed by atoms with Crippen LogP contribution in [0.5, 0.6) is 0 Å². The van der Waals surface area contributed by atoms with E-state index >= 15 is 0 Å². The summed E-state index contributed by atoms with van der Waals surface area (Å²) in [6.07, 6.45) is 1.80. The van der Waals surface area contributed by atoms with E-state index in [0.29, 0.717) is 12.5 Å². The number of amides is 1. The van der Waals surface area contributed by atoms with E-state index in [4.69, 9.17) is 4.74 Å². The molecular formula is C26H25NO2. The Kier molecular flexibility index (Phi) is 4.59. The summed E-state index contributed by atoms with van der Waals surface area (Å²) < 4.78 is 5.68. The van der Waals surface area contributed by atoms with Crippen LogP contribution in [0.3, 0.4) is 0 Å². The molecule has 0 N–H and O–H groups in total. The molecule has 0 aromatic heterocycles. The van der Waals surface area contributed by atoms with Gasteiger partial charge in [-0.3, -0.25) is 0 Å². The monoisotopic (exact) mass is 383 g/mol. The average molecular weight is 383 g/mol. The van der Waals surface area contributed by atoms with Crippen molar-refractivity contribution >= 4 is 6.09 Å². The van der Waals surface area contributed by atoms with Gasteiger partial charge in [0.2, 0.25) is 0 Å². The molecule has 3 aromatic rings.